The summed E-state index contributed by atoms with van der Waals surface area (Å²) in [5.74, 6) is -1.58. The van der Waals surface area contributed by atoms with E-state index >= 15 is 0 Å². The van der Waals surface area contributed by atoms with Gasteiger partial charge in [0.05, 0.1) is 45.2 Å². The zero-order valence-corrected chi connectivity index (χ0v) is 33.2. The minimum absolute atomic E-state index is 0.743. The summed E-state index contributed by atoms with van der Waals surface area (Å²) in [4.78, 5) is 24.4. The van der Waals surface area contributed by atoms with E-state index in [1.165, 1.54) is 6.92 Å². The highest BCUT2D eigenvalue weighted by molar-refractivity contribution is 5.73. The molecule has 4 saturated heterocycles. The van der Waals surface area contributed by atoms with Crippen molar-refractivity contribution < 1.29 is 124 Å². The molecule has 0 unspecified atom stereocenters. The van der Waals surface area contributed by atoms with E-state index in [9.17, 15) is 86.2 Å². The van der Waals surface area contributed by atoms with Crippen LogP contribution in [0.3, 0.4) is 0 Å². The molecule has 0 radical (unpaired) electrons. The van der Waals surface area contributed by atoms with E-state index in [0.29, 0.717) is 0 Å². The average Bonchev–Trinajstić information content (AvgIpc) is 3.22. The summed E-state index contributed by atoms with van der Waals surface area (Å²) in [6.07, 6.45) is -39.9. The molecule has 0 spiro atoms. The van der Waals surface area contributed by atoms with Crippen molar-refractivity contribution in [1.82, 2.24) is 10.6 Å². The minimum atomic E-state index is -2.11. The van der Waals surface area contributed by atoms with Crippen molar-refractivity contribution in [3.8, 4) is 0 Å². The fraction of sp³-hybridized carbons (Fsp3) is 0.941. The van der Waals surface area contributed by atoms with E-state index < -0.39 is 192 Å². The first-order valence-electron chi connectivity index (χ1n) is 19.4. The summed E-state index contributed by atoms with van der Waals surface area (Å²) in [6, 6.07) is -3.32. The van der Waals surface area contributed by atoms with Crippen LogP contribution in [0.2, 0.25) is 0 Å². The van der Waals surface area contributed by atoms with Crippen LogP contribution in [-0.4, -0.2) is 269 Å². The van der Waals surface area contributed by atoms with E-state index in [4.69, 9.17) is 37.9 Å². The van der Waals surface area contributed by atoms with E-state index in [1.54, 1.807) is 0 Å². The molecule has 27 heteroatoms. The van der Waals surface area contributed by atoms with E-state index in [0.717, 1.165) is 13.8 Å². The molecule has 0 bridgehead atoms. The van der Waals surface area contributed by atoms with Crippen molar-refractivity contribution >= 4 is 11.8 Å². The zero-order valence-electron chi connectivity index (χ0n) is 33.2. The summed E-state index contributed by atoms with van der Waals surface area (Å²) < 4.78 is 44.8. The second kappa shape index (κ2) is 22.8. The second-order valence-corrected chi connectivity index (χ2v) is 15.2. The van der Waals surface area contributed by atoms with E-state index in [2.05, 4.69) is 10.6 Å². The van der Waals surface area contributed by atoms with Crippen LogP contribution in [0.1, 0.15) is 20.8 Å². The molecule has 4 heterocycles. The number of carbonyl (C=O) groups excluding carboxylic acids is 2. The summed E-state index contributed by atoms with van der Waals surface area (Å²) in [5, 5.41) is 163. The molecular weight excluding hydrogens is 836 g/mol. The standard InChI is InChI=1S/C34H60N2O25/c1-9-18(44)23(49)25(51)32(55-9)54-8-13(43)28(19(45)12(4-37)35-10(2)41)59-31-17(36-11(3)42)22(48)29(16(7-40)58-31)60-34-27(53)30(21(47)15(6-39)57-34)61-33-26(52)24(50)20(46)14(5-38)56-33/h9,12-34,37-40,43-53H,4-8H2,1-3H3,(H,35,41)(H,36,42)/t9-,12-,13+,14+,15+,16+,17+,18+,19+,20+,21+,22+,23+,24-,25-,26-,27-,28+,29+,30-,31-,32+,33+,34-/m0/s1. The molecule has 0 aromatic rings. The van der Waals surface area contributed by atoms with Gasteiger partial charge in [-0.2, -0.15) is 0 Å². The fourth-order valence-electron chi connectivity index (χ4n) is 7.28. The Balaban J connectivity index is 1.59. The lowest BCUT2D eigenvalue weighted by Gasteiger charge is -2.49. The lowest BCUT2D eigenvalue weighted by Crippen LogP contribution is -2.69. The number of aliphatic hydroxyl groups is 15. The van der Waals surface area contributed by atoms with Gasteiger partial charge >= 0.3 is 0 Å². The Morgan fingerprint density at radius 3 is 1.67 bits per heavy atom. The third-order valence-corrected chi connectivity index (χ3v) is 10.7. The van der Waals surface area contributed by atoms with Crippen LogP contribution in [0.4, 0.5) is 0 Å². The summed E-state index contributed by atoms with van der Waals surface area (Å²) in [5.41, 5.74) is 0. The summed E-state index contributed by atoms with van der Waals surface area (Å²) in [7, 11) is 0. The van der Waals surface area contributed by atoms with Crippen molar-refractivity contribution in [2.24, 2.45) is 0 Å². The maximum Gasteiger partial charge on any atom is 0.217 e. The maximum atomic E-state index is 12.5. The minimum Gasteiger partial charge on any atom is -0.394 e. The summed E-state index contributed by atoms with van der Waals surface area (Å²) >= 11 is 0. The van der Waals surface area contributed by atoms with E-state index in [-0.39, 0.29) is 0 Å². The van der Waals surface area contributed by atoms with Gasteiger partial charge in [-0.3, -0.25) is 9.59 Å². The van der Waals surface area contributed by atoms with Crippen molar-refractivity contribution in [2.75, 3.05) is 33.0 Å². The van der Waals surface area contributed by atoms with Gasteiger partial charge in [-0.1, -0.05) is 0 Å². The first-order valence-corrected chi connectivity index (χ1v) is 19.4. The molecule has 24 atom stereocenters. The van der Waals surface area contributed by atoms with Gasteiger partial charge in [0.2, 0.25) is 11.8 Å². The van der Waals surface area contributed by atoms with Gasteiger partial charge in [-0.05, 0) is 6.92 Å². The molecular formula is C34H60N2O25. The Morgan fingerprint density at radius 2 is 1.11 bits per heavy atom. The van der Waals surface area contributed by atoms with Crippen LogP contribution in [0.5, 0.6) is 0 Å². The van der Waals surface area contributed by atoms with Gasteiger partial charge in [0.1, 0.15) is 110 Å². The SMILES string of the molecule is CC(=O)N[C@H]1[C@H](O[C@@H]([C@H](O)[C@H](CO)NC(C)=O)[C@H](O)CO[C@@H]2O[C@@H](C)[C@@H](O)[C@@H](O)[C@@H]2O)O[C@H](CO)[C@@H](O[C@@H]2O[C@H](CO)[C@@H](O)[C@H](O[C@H]3O[C@H](CO)[C@@H](O)[C@H](O)[C@@H]3O)[C@@H]2O)[C@@H]1O. The normalized spacial score (nSPS) is 44.1. The number of nitrogens with one attached hydrogen (secondary N) is 2. The molecule has 0 aromatic heterocycles. The maximum absolute atomic E-state index is 12.5. The van der Waals surface area contributed by atoms with Crippen LogP contribution in [0, 0.1) is 0 Å². The number of aliphatic hydroxyl groups excluding tert-OH is 15. The monoisotopic (exact) mass is 896 g/mol. The van der Waals surface area contributed by atoms with Crippen molar-refractivity contribution in [1.29, 1.82) is 0 Å². The van der Waals surface area contributed by atoms with Gasteiger partial charge in [0.25, 0.3) is 0 Å². The van der Waals surface area contributed by atoms with Gasteiger partial charge < -0.3 is 125 Å². The predicted octanol–water partition coefficient (Wildman–Crippen LogP) is -11.0. The molecule has 4 fully saturated rings. The van der Waals surface area contributed by atoms with Crippen LogP contribution in [0.15, 0.2) is 0 Å². The van der Waals surface area contributed by atoms with Gasteiger partial charge in [0.15, 0.2) is 25.2 Å². The first kappa shape index (κ1) is 51.7. The molecule has 61 heavy (non-hydrogen) atoms. The Kier molecular flexibility index (Phi) is 19.3. The molecule has 17 N–H and O–H groups in total. The number of hydrogen-bond acceptors (Lipinski definition) is 25. The van der Waals surface area contributed by atoms with Crippen LogP contribution < -0.4 is 10.6 Å². The van der Waals surface area contributed by atoms with Crippen molar-refractivity contribution in [3.63, 3.8) is 0 Å². The average molecular weight is 897 g/mol. The second-order valence-electron chi connectivity index (χ2n) is 15.2. The largest absolute Gasteiger partial charge is 0.394 e. The number of ether oxygens (including phenoxy) is 8. The van der Waals surface area contributed by atoms with Gasteiger partial charge in [-0.15, -0.1) is 0 Å². The Labute approximate surface area is 347 Å². The highest BCUT2D eigenvalue weighted by Crippen LogP contribution is 2.34. The number of amides is 2. The lowest BCUT2D eigenvalue weighted by atomic mass is 9.94. The van der Waals surface area contributed by atoms with Crippen LogP contribution in [-0.2, 0) is 47.5 Å². The molecule has 356 valence electrons. The zero-order chi connectivity index (χ0) is 45.6. The van der Waals surface area contributed by atoms with Gasteiger partial charge in [-0.25, -0.2) is 0 Å². The number of carbonyl (C=O) groups is 2. The Bertz CT molecular complexity index is 1370. The third kappa shape index (κ3) is 12.0. The van der Waals surface area contributed by atoms with Crippen LogP contribution in [0.25, 0.3) is 0 Å². The molecule has 4 rings (SSSR count). The number of hydrogen-bond donors (Lipinski definition) is 17. The molecule has 0 saturated carbocycles. The quantitative estimate of drug-likeness (QED) is 0.0607. The van der Waals surface area contributed by atoms with Crippen molar-refractivity contribution in [3.05, 3.63) is 0 Å². The Hall–Kier alpha value is -1.98. The fourth-order valence-corrected chi connectivity index (χ4v) is 7.28. The molecule has 2 amide bonds. The highest BCUT2D eigenvalue weighted by atomic mass is 16.8. The summed E-state index contributed by atoms with van der Waals surface area (Å²) in [6.45, 7) is -1.23. The third-order valence-electron chi connectivity index (χ3n) is 10.7. The molecule has 27 nitrogen and oxygen atoms in total. The van der Waals surface area contributed by atoms with E-state index in [1.807, 2.05) is 0 Å². The topological polar surface area (TPSA) is 435 Å². The van der Waals surface area contributed by atoms with Crippen LogP contribution >= 0.6 is 0 Å². The molecule has 4 aliphatic heterocycles. The highest BCUT2D eigenvalue weighted by Gasteiger charge is 2.55. The predicted molar refractivity (Wildman–Crippen MR) is 191 cm³/mol. The lowest BCUT2D eigenvalue weighted by molar-refractivity contribution is -0.378. The molecule has 0 aliphatic carbocycles. The van der Waals surface area contributed by atoms with Crippen molar-refractivity contribution in [2.45, 2.75) is 168 Å². The smallest absolute Gasteiger partial charge is 0.217 e. The first-order chi connectivity index (χ1) is 28.7. The molecule has 0 aromatic carbocycles. The van der Waals surface area contributed by atoms with Gasteiger partial charge in [0, 0.05) is 13.8 Å². The molecule has 4 aliphatic rings. The number of rotatable bonds is 18. The Morgan fingerprint density at radius 1 is 0.590 bits per heavy atom.